The molecular weight excluding hydrogens is 218 g/mol. The van der Waals surface area contributed by atoms with E-state index in [0.29, 0.717) is 19.3 Å². The Balaban J connectivity index is 2.34. The monoisotopic (exact) mass is 239 g/mol. The Kier molecular flexibility index (Phi) is 5.38. The number of carbonyl (C=O) groups excluding carboxylic acids is 1. The molecular formula is C13H21NO3. The lowest BCUT2D eigenvalue weighted by molar-refractivity contribution is -0.118. The third kappa shape index (κ3) is 4.32. The zero-order valence-corrected chi connectivity index (χ0v) is 10.4. The maximum Gasteiger partial charge on any atom is 0.209 e. The quantitative estimate of drug-likeness (QED) is 0.292. The number of epoxide rings is 1. The van der Waals surface area contributed by atoms with Crippen molar-refractivity contribution in [1.82, 2.24) is 5.32 Å². The number of amides is 1. The van der Waals surface area contributed by atoms with E-state index in [1.165, 1.54) is 0 Å². The van der Waals surface area contributed by atoms with Crippen LogP contribution in [-0.4, -0.2) is 29.4 Å². The maximum atomic E-state index is 10.5. The van der Waals surface area contributed by atoms with Gasteiger partial charge in [-0.3, -0.25) is 4.79 Å². The molecule has 4 nitrogen and oxygen atoms in total. The zero-order chi connectivity index (χ0) is 12.7. The van der Waals surface area contributed by atoms with Crippen molar-refractivity contribution in [1.29, 1.82) is 0 Å². The summed E-state index contributed by atoms with van der Waals surface area (Å²) in [5.41, 5.74) is -1.23. The van der Waals surface area contributed by atoms with Gasteiger partial charge in [-0.2, -0.15) is 0 Å². The highest BCUT2D eigenvalue weighted by molar-refractivity contribution is 5.48. The lowest BCUT2D eigenvalue weighted by Crippen LogP contribution is -2.50. The van der Waals surface area contributed by atoms with E-state index >= 15 is 0 Å². The summed E-state index contributed by atoms with van der Waals surface area (Å²) in [5.74, 6) is 0. The molecule has 0 saturated carbocycles. The lowest BCUT2D eigenvalue weighted by atomic mass is 10.0. The van der Waals surface area contributed by atoms with Crippen LogP contribution < -0.4 is 5.32 Å². The summed E-state index contributed by atoms with van der Waals surface area (Å²) < 4.78 is 5.22. The molecule has 0 aromatic rings. The Bertz CT molecular complexity index is 301. The molecule has 1 aliphatic heterocycles. The Morgan fingerprint density at radius 2 is 2.12 bits per heavy atom. The van der Waals surface area contributed by atoms with Crippen LogP contribution in [0.2, 0.25) is 0 Å². The zero-order valence-electron chi connectivity index (χ0n) is 10.4. The van der Waals surface area contributed by atoms with Gasteiger partial charge in [0.05, 0.1) is 6.10 Å². The average molecular weight is 239 g/mol. The van der Waals surface area contributed by atoms with Crippen molar-refractivity contribution in [3.8, 4) is 0 Å². The molecule has 1 heterocycles. The fourth-order valence-corrected chi connectivity index (χ4v) is 1.82. The number of hydrogen-bond donors (Lipinski definition) is 2. The van der Waals surface area contributed by atoms with E-state index in [2.05, 4.69) is 11.4 Å². The number of rotatable bonds is 8. The molecule has 4 heteroatoms. The molecule has 17 heavy (non-hydrogen) atoms. The van der Waals surface area contributed by atoms with E-state index in [0.717, 1.165) is 6.42 Å². The summed E-state index contributed by atoms with van der Waals surface area (Å²) in [6, 6.07) is 0. The first kappa shape index (κ1) is 13.9. The van der Waals surface area contributed by atoms with E-state index in [1.807, 2.05) is 32.1 Å². The van der Waals surface area contributed by atoms with Gasteiger partial charge in [0.25, 0.3) is 0 Å². The third-order valence-electron chi connectivity index (χ3n) is 2.86. The Hall–Kier alpha value is -1.13. The van der Waals surface area contributed by atoms with Gasteiger partial charge in [0.15, 0.2) is 5.72 Å². The molecule has 2 N–H and O–H groups in total. The molecule has 0 spiro atoms. The van der Waals surface area contributed by atoms with Gasteiger partial charge in [0.1, 0.15) is 6.10 Å². The molecule has 1 saturated heterocycles. The van der Waals surface area contributed by atoms with E-state index in [1.54, 1.807) is 0 Å². The molecule has 1 rings (SSSR count). The summed E-state index contributed by atoms with van der Waals surface area (Å²) in [5, 5.41) is 12.7. The Labute approximate surface area is 102 Å². The summed E-state index contributed by atoms with van der Waals surface area (Å²) in [7, 11) is 0. The highest BCUT2D eigenvalue weighted by Gasteiger charge is 2.51. The van der Waals surface area contributed by atoms with Crippen LogP contribution in [-0.2, 0) is 9.53 Å². The van der Waals surface area contributed by atoms with Crippen molar-refractivity contribution in [2.24, 2.45) is 0 Å². The standard InChI is InChI=1S/C13H21NO3/c1-3-4-5-6-7-8-9-13(16,14-10-15)12-11(2)17-12/h3-4,6-7,10-12,16H,5,8-9H2,1-2H3,(H,14,15)/b4-3+,7-6+/t11?,12-,13+/m0/s1. The molecule has 0 aromatic heterocycles. The second-order valence-electron chi connectivity index (χ2n) is 4.26. The number of allylic oxidation sites excluding steroid dienone is 4. The fraction of sp³-hybridized carbons (Fsp3) is 0.615. The topological polar surface area (TPSA) is 61.9 Å². The van der Waals surface area contributed by atoms with Crippen LogP contribution in [0.3, 0.4) is 0 Å². The van der Waals surface area contributed by atoms with Crippen molar-refractivity contribution in [2.45, 2.75) is 51.0 Å². The minimum absolute atomic E-state index is 0.0134. The van der Waals surface area contributed by atoms with E-state index in [4.69, 9.17) is 4.74 Å². The molecule has 0 bridgehead atoms. The van der Waals surface area contributed by atoms with E-state index in [-0.39, 0.29) is 12.2 Å². The Morgan fingerprint density at radius 1 is 1.41 bits per heavy atom. The predicted octanol–water partition coefficient (Wildman–Crippen LogP) is 1.51. The van der Waals surface area contributed by atoms with Gasteiger partial charge in [-0.25, -0.2) is 0 Å². The maximum absolute atomic E-state index is 10.5. The van der Waals surface area contributed by atoms with Crippen LogP contribution >= 0.6 is 0 Å². The van der Waals surface area contributed by atoms with Crippen LogP contribution in [0, 0.1) is 0 Å². The predicted molar refractivity (Wildman–Crippen MR) is 66.3 cm³/mol. The number of hydrogen-bond acceptors (Lipinski definition) is 3. The number of ether oxygens (including phenoxy) is 1. The molecule has 3 atom stereocenters. The molecule has 1 aliphatic rings. The first-order chi connectivity index (χ1) is 8.14. The summed E-state index contributed by atoms with van der Waals surface area (Å²) >= 11 is 0. The molecule has 0 radical (unpaired) electrons. The van der Waals surface area contributed by atoms with Crippen molar-refractivity contribution in [2.75, 3.05) is 0 Å². The van der Waals surface area contributed by atoms with Crippen molar-refractivity contribution in [3.63, 3.8) is 0 Å². The van der Waals surface area contributed by atoms with Gasteiger partial charge in [-0.15, -0.1) is 0 Å². The minimum atomic E-state index is -1.23. The summed E-state index contributed by atoms with van der Waals surface area (Å²) in [4.78, 5) is 10.5. The molecule has 1 fully saturated rings. The van der Waals surface area contributed by atoms with Gasteiger partial charge in [0.2, 0.25) is 6.41 Å². The number of nitrogens with one attached hydrogen (secondary N) is 1. The largest absolute Gasteiger partial charge is 0.368 e. The van der Waals surface area contributed by atoms with Gasteiger partial charge in [-0.1, -0.05) is 24.3 Å². The van der Waals surface area contributed by atoms with Crippen LogP contribution in [0.25, 0.3) is 0 Å². The van der Waals surface area contributed by atoms with E-state index < -0.39 is 5.72 Å². The van der Waals surface area contributed by atoms with Crippen LogP contribution in [0.15, 0.2) is 24.3 Å². The first-order valence-corrected chi connectivity index (χ1v) is 5.99. The number of aliphatic hydroxyl groups is 1. The Morgan fingerprint density at radius 3 is 2.65 bits per heavy atom. The fourth-order valence-electron chi connectivity index (χ4n) is 1.82. The second-order valence-corrected chi connectivity index (χ2v) is 4.26. The normalized spacial score (nSPS) is 27.2. The van der Waals surface area contributed by atoms with Gasteiger partial charge in [-0.05, 0) is 26.7 Å². The molecule has 0 aromatic carbocycles. The van der Waals surface area contributed by atoms with Gasteiger partial charge < -0.3 is 15.2 Å². The van der Waals surface area contributed by atoms with Crippen LogP contribution in [0.1, 0.15) is 33.1 Å². The lowest BCUT2D eigenvalue weighted by Gasteiger charge is -2.25. The smallest absolute Gasteiger partial charge is 0.209 e. The van der Waals surface area contributed by atoms with Gasteiger partial charge >= 0.3 is 0 Å². The molecule has 0 aliphatic carbocycles. The molecule has 96 valence electrons. The average Bonchev–Trinajstić information content (AvgIpc) is 3.02. The summed E-state index contributed by atoms with van der Waals surface area (Å²) in [6.07, 6.45) is 10.4. The summed E-state index contributed by atoms with van der Waals surface area (Å²) in [6.45, 7) is 3.86. The van der Waals surface area contributed by atoms with Crippen molar-refractivity contribution < 1.29 is 14.6 Å². The van der Waals surface area contributed by atoms with E-state index in [9.17, 15) is 9.90 Å². The first-order valence-electron chi connectivity index (χ1n) is 5.99. The highest BCUT2D eigenvalue weighted by Crippen LogP contribution is 2.33. The third-order valence-corrected chi connectivity index (χ3v) is 2.86. The second kappa shape index (κ2) is 6.57. The van der Waals surface area contributed by atoms with Gasteiger partial charge in [0, 0.05) is 6.42 Å². The van der Waals surface area contributed by atoms with Crippen LogP contribution in [0.4, 0.5) is 0 Å². The SMILES string of the molecule is C/C=C/C/C=C/CC[C@](O)(NC=O)[C@H]1OC1C. The number of carbonyl (C=O) groups is 1. The minimum Gasteiger partial charge on any atom is -0.368 e. The molecule has 1 unspecified atom stereocenters. The van der Waals surface area contributed by atoms with Crippen molar-refractivity contribution >= 4 is 6.41 Å². The van der Waals surface area contributed by atoms with Crippen LogP contribution in [0.5, 0.6) is 0 Å². The highest BCUT2D eigenvalue weighted by atomic mass is 16.6. The van der Waals surface area contributed by atoms with Crippen molar-refractivity contribution in [3.05, 3.63) is 24.3 Å². The molecule has 1 amide bonds.